The standard InChI is InChI=1S/C19H25N3O3S/c1-5-14-9-15(11-20-10-14)18(24)22-7-8-25-19(3,13-22)12-21-17(23)16(6-2)26-4/h1,9-11,16H,6-8,12-13H2,2-4H3,(H,21,23). The van der Waals surface area contributed by atoms with Gasteiger partial charge in [0.2, 0.25) is 5.91 Å². The highest BCUT2D eigenvalue weighted by molar-refractivity contribution is 7.99. The van der Waals surface area contributed by atoms with E-state index in [0.717, 1.165) is 6.42 Å². The third-order valence-corrected chi connectivity index (χ3v) is 5.48. The molecule has 1 saturated heterocycles. The van der Waals surface area contributed by atoms with E-state index in [-0.39, 0.29) is 17.1 Å². The number of terminal acetylenes is 1. The maximum absolute atomic E-state index is 12.8. The largest absolute Gasteiger partial charge is 0.370 e. The van der Waals surface area contributed by atoms with E-state index in [0.29, 0.717) is 37.4 Å². The highest BCUT2D eigenvalue weighted by Gasteiger charge is 2.35. The minimum atomic E-state index is -0.628. The molecule has 1 aliphatic rings. The Bertz CT molecular complexity index is 700. The molecule has 1 aromatic rings. The van der Waals surface area contributed by atoms with E-state index in [1.54, 1.807) is 17.2 Å². The third kappa shape index (κ3) is 4.99. The molecule has 2 rings (SSSR count). The molecule has 0 saturated carbocycles. The van der Waals surface area contributed by atoms with Gasteiger partial charge in [0, 0.05) is 31.0 Å². The summed E-state index contributed by atoms with van der Waals surface area (Å²) in [5.74, 6) is 2.35. The Labute approximate surface area is 159 Å². The normalized spacial score (nSPS) is 20.9. The van der Waals surface area contributed by atoms with Crippen LogP contribution in [-0.4, -0.2) is 65.0 Å². The molecule has 26 heavy (non-hydrogen) atoms. The van der Waals surface area contributed by atoms with Gasteiger partial charge in [0.15, 0.2) is 0 Å². The molecule has 6 nitrogen and oxygen atoms in total. The first kappa shape index (κ1) is 20.3. The average Bonchev–Trinajstić information content (AvgIpc) is 2.67. The number of pyridine rings is 1. The van der Waals surface area contributed by atoms with Crippen LogP contribution < -0.4 is 5.32 Å². The number of amides is 2. The van der Waals surface area contributed by atoms with E-state index in [1.807, 2.05) is 20.1 Å². The van der Waals surface area contributed by atoms with Gasteiger partial charge in [-0.25, -0.2) is 0 Å². The van der Waals surface area contributed by atoms with Crippen molar-refractivity contribution in [1.82, 2.24) is 15.2 Å². The molecule has 2 amide bonds. The molecule has 0 aromatic carbocycles. The minimum Gasteiger partial charge on any atom is -0.370 e. The highest BCUT2D eigenvalue weighted by Crippen LogP contribution is 2.20. The summed E-state index contributed by atoms with van der Waals surface area (Å²) in [6.45, 7) is 5.55. The lowest BCUT2D eigenvalue weighted by molar-refractivity contribution is -0.124. The molecule has 0 spiro atoms. The average molecular weight is 375 g/mol. The van der Waals surface area contributed by atoms with E-state index in [4.69, 9.17) is 11.2 Å². The fourth-order valence-electron chi connectivity index (χ4n) is 2.88. The molecular formula is C19H25N3O3S. The number of nitrogens with zero attached hydrogens (tertiary/aromatic N) is 2. The van der Waals surface area contributed by atoms with Gasteiger partial charge in [-0.2, -0.15) is 11.8 Å². The van der Waals surface area contributed by atoms with Crippen LogP contribution in [0, 0.1) is 12.3 Å². The summed E-state index contributed by atoms with van der Waals surface area (Å²) in [5.41, 5.74) is 0.404. The molecule has 1 aromatic heterocycles. The Kier molecular flexibility index (Phi) is 7.06. The van der Waals surface area contributed by atoms with Crippen molar-refractivity contribution < 1.29 is 14.3 Å². The molecular weight excluding hydrogens is 350 g/mol. The zero-order chi connectivity index (χ0) is 19.2. The van der Waals surface area contributed by atoms with Crippen LogP contribution in [0.4, 0.5) is 0 Å². The van der Waals surface area contributed by atoms with E-state index in [1.165, 1.54) is 18.0 Å². The Hall–Kier alpha value is -2.04. The fraction of sp³-hybridized carbons (Fsp3) is 0.526. The Morgan fingerprint density at radius 2 is 2.31 bits per heavy atom. The van der Waals surface area contributed by atoms with Crippen LogP contribution in [0.3, 0.4) is 0 Å². The molecule has 2 unspecified atom stereocenters. The van der Waals surface area contributed by atoms with E-state index < -0.39 is 5.60 Å². The number of hydrogen-bond donors (Lipinski definition) is 1. The zero-order valence-electron chi connectivity index (χ0n) is 15.4. The number of ether oxygens (including phenoxy) is 1. The Morgan fingerprint density at radius 3 is 2.96 bits per heavy atom. The van der Waals surface area contributed by atoms with Crippen molar-refractivity contribution in [1.29, 1.82) is 0 Å². The van der Waals surface area contributed by atoms with Crippen molar-refractivity contribution in [2.75, 3.05) is 32.5 Å². The number of carbonyl (C=O) groups excluding carboxylic acids is 2. The maximum Gasteiger partial charge on any atom is 0.255 e. The van der Waals surface area contributed by atoms with Gasteiger partial charge in [-0.1, -0.05) is 12.8 Å². The number of carbonyl (C=O) groups is 2. The van der Waals surface area contributed by atoms with E-state index >= 15 is 0 Å². The second kappa shape index (κ2) is 9.06. The third-order valence-electron chi connectivity index (χ3n) is 4.36. The second-order valence-electron chi connectivity index (χ2n) is 6.48. The van der Waals surface area contributed by atoms with Crippen LogP contribution in [0.2, 0.25) is 0 Å². The van der Waals surface area contributed by atoms with E-state index in [9.17, 15) is 9.59 Å². The quantitative estimate of drug-likeness (QED) is 0.764. The number of nitrogens with one attached hydrogen (secondary N) is 1. The molecule has 0 bridgehead atoms. The molecule has 0 radical (unpaired) electrons. The second-order valence-corrected chi connectivity index (χ2v) is 7.52. The first-order valence-corrected chi connectivity index (χ1v) is 9.86. The van der Waals surface area contributed by atoms with Crippen LogP contribution in [0.15, 0.2) is 18.5 Å². The summed E-state index contributed by atoms with van der Waals surface area (Å²) in [6, 6.07) is 1.66. The predicted molar refractivity (Wildman–Crippen MR) is 103 cm³/mol. The van der Waals surface area contributed by atoms with Crippen LogP contribution in [0.1, 0.15) is 36.2 Å². The summed E-state index contributed by atoms with van der Waals surface area (Å²) in [4.78, 5) is 30.7. The molecule has 2 atom stereocenters. The maximum atomic E-state index is 12.8. The molecule has 1 N–H and O–H groups in total. The van der Waals surface area contributed by atoms with Crippen molar-refractivity contribution in [3.63, 3.8) is 0 Å². The molecule has 7 heteroatoms. The Balaban J connectivity index is 2.02. The molecule has 0 aliphatic carbocycles. The van der Waals surface area contributed by atoms with Crippen molar-refractivity contribution >= 4 is 23.6 Å². The van der Waals surface area contributed by atoms with Crippen LogP contribution in [0.25, 0.3) is 0 Å². The van der Waals surface area contributed by atoms with Crippen LogP contribution in [0.5, 0.6) is 0 Å². The lowest BCUT2D eigenvalue weighted by Gasteiger charge is -2.40. The van der Waals surface area contributed by atoms with Gasteiger partial charge < -0.3 is 15.0 Å². The van der Waals surface area contributed by atoms with Gasteiger partial charge in [-0.05, 0) is 25.7 Å². The fourth-order valence-corrected chi connectivity index (χ4v) is 3.51. The number of thioether (sulfide) groups is 1. The summed E-state index contributed by atoms with van der Waals surface area (Å²) in [7, 11) is 0. The number of morpholine rings is 1. The van der Waals surface area contributed by atoms with Gasteiger partial charge in [0.05, 0.1) is 24.0 Å². The summed E-state index contributed by atoms with van der Waals surface area (Å²) < 4.78 is 5.86. The summed E-state index contributed by atoms with van der Waals surface area (Å²) >= 11 is 1.53. The van der Waals surface area contributed by atoms with Crippen molar-refractivity contribution in [2.45, 2.75) is 31.1 Å². The lowest BCUT2D eigenvalue weighted by atomic mass is 10.0. The van der Waals surface area contributed by atoms with Gasteiger partial charge in [0.25, 0.3) is 5.91 Å². The highest BCUT2D eigenvalue weighted by atomic mass is 32.2. The molecule has 140 valence electrons. The van der Waals surface area contributed by atoms with Crippen LogP contribution in [-0.2, 0) is 9.53 Å². The van der Waals surface area contributed by atoms with Crippen LogP contribution >= 0.6 is 11.8 Å². The summed E-state index contributed by atoms with van der Waals surface area (Å²) in [5, 5.41) is 2.88. The van der Waals surface area contributed by atoms with Crippen molar-refractivity contribution in [3.8, 4) is 12.3 Å². The van der Waals surface area contributed by atoms with Gasteiger partial charge in [0.1, 0.15) is 5.60 Å². The van der Waals surface area contributed by atoms with Gasteiger partial charge in [-0.15, -0.1) is 6.42 Å². The zero-order valence-corrected chi connectivity index (χ0v) is 16.3. The number of rotatable bonds is 6. The van der Waals surface area contributed by atoms with Gasteiger partial charge in [-0.3, -0.25) is 14.6 Å². The topological polar surface area (TPSA) is 71.5 Å². The van der Waals surface area contributed by atoms with E-state index in [2.05, 4.69) is 16.2 Å². The first-order chi connectivity index (χ1) is 12.4. The smallest absolute Gasteiger partial charge is 0.255 e. The SMILES string of the molecule is C#Cc1cncc(C(=O)N2CCOC(C)(CNC(=O)C(CC)SC)C2)c1. The van der Waals surface area contributed by atoms with Crippen molar-refractivity contribution in [2.24, 2.45) is 0 Å². The lowest BCUT2D eigenvalue weighted by Crippen LogP contribution is -2.57. The minimum absolute atomic E-state index is 0.000744. The van der Waals surface area contributed by atoms with Crippen molar-refractivity contribution in [3.05, 3.63) is 29.6 Å². The monoisotopic (exact) mass is 375 g/mol. The molecule has 1 fully saturated rings. The first-order valence-electron chi connectivity index (χ1n) is 8.58. The van der Waals surface area contributed by atoms with Gasteiger partial charge >= 0.3 is 0 Å². The number of aromatic nitrogens is 1. The summed E-state index contributed by atoms with van der Waals surface area (Å²) in [6.07, 6.45) is 11.1. The molecule has 2 heterocycles. The predicted octanol–water partition coefficient (Wildman–Crippen LogP) is 1.55. The Morgan fingerprint density at radius 1 is 1.54 bits per heavy atom. The number of hydrogen-bond acceptors (Lipinski definition) is 5. The molecule has 1 aliphatic heterocycles.